The van der Waals surface area contributed by atoms with Crippen molar-refractivity contribution in [2.45, 2.75) is 32.4 Å². The fraction of sp³-hybridized carbons (Fsp3) is 0.368. The summed E-state index contributed by atoms with van der Waals surface area (Å²) in [6, 6.07) is 12.9. The highest BCUT2D eigenvalue weighted by atomic mass is 16.2. The van der Waals surface area contributed by atoms with Crippen molar-refractivity contribution in [2.75, 3.05) is 14.1 Å². The van der Waals surface area contributed by atoms with Gasteiger partial charge >= 0.3 is 0 Å². The lowest BCUT2D eigenvalue weighted by Crippen LogP contribution is -2.34. The number of rotatable bonds is 6. The number of benzene rings is 1. The maximum atomic E-state index is 11.8. The molecule has 1 amide bonds. The van der Waals surface area contributed by atoms with Crippen LogP contribution in [0.15, 0.2) is 48.8 Å². The first-order chi connectivity index (χ1) is 11.0. The Hall–Kier alpha value is -2.20. The van der Waals surface area contributed by atoms with Crippen molar-refractivity contribution in [2.24, 2.45) is 0 Å². The van der Waals surface area contributed by atoms with E-state index in [4.69, 9.17) is 0 Å². The molecule has 1 aromatic carbocycles. The first kappa shape index (κ1) is 17.2. The Morgan fingerprint density at radius 3 is 2.17 bits per heavy atom. The molecular weight excluding hydrogens is 286 g/mol. The van der Waals surface area contributed by atoms with Crippen LogP contribution in [0.3, 0.4) is 0 Å². The summed E-state index contributed by atoms with van der Waals surface area (Å²) in [5.74, 6) is 0.144. The Bertz CT molecular complexity index is 623. The first-order valence-corrected chi connectivity index (χ1v) is 7.94. The number of nitrogens with one attached hydrogen (secondary N) is 1. The zero-order valence-electron chi connectivity index (χ0n) is 14.3. The number of carbonyl (C=O) groups excluding carboxylic acids is 1. The lowest BCUT2D eigenvalue weighted by atomic mass is 10.0. The Balaban J connectivity index is 1.97. The number of amides is 1. The summed E-state index contributed by atoms with van der Waals surface area (Å²) in [6.45, 7) is 4.17. The molecule has 4 nitrogen and oxygen atoms in total. The summed E-state index contributed by atoms with van der Waals surface area (Å²) in [7, 11) is 3.58. The van der Waals surface area contributed by atoms with Gasteiger partial charge in [0.05, 0.1) is 0 Å². The molecule has 0 unspecified atom stereocenters. The minimum Gasteiger partial charge on any atom is -0.349 e. The van der Waals surface area contributed by atoms with Gasteiger partial charge in [-0.25, -0.2) is 0 Å². The van der Waals surface area contributed by atoms with Gasteiger partial charge in [-0.15, -0.1) is 0 Å². The Morgan fingerprint density at radius 1 is 1.04 bits per heavy atom. The summed E-state index contributed by atoms with van der Waals surface area (Å²) in [5.41, 5.74) is 3.56. The van der Waals surface area contributed by atoms with Gasteiger partial charge in [0.2, 0.25) is 5.91 Å². The lowest BCUT2D eigenvalue weighted by molar-refractivity contribution is -0.129. The van der Waals surface area contributed by atoms with E-state index in [1.54, 1.807) is 31.4 Å². The van der Waals surface area contributed by atoms with Crippen LogP contribution in [0.4, 0.5) is 0 Å². The van der Waals surface area contributed by atoms with Crippen molar-refractivity contribution in [3.8, 4) is 11.1 Å². The molecule has 1 heterocycles. The molecule has 0 saturated heterocycles. The number of hydrogen-bond donors (Lipinski definition) is 1. The molecule has 0 spiro atoms. The van der Waals surface area contributed by atoms with Crippen LogP contribution in [0.2, 0.25) is 0 Å². The molecule has 0 aliphatic carbocycles. The average molecular weight is 311 g/mol. The van der Waals surface area contributed by atoms with Crippen LogP contribution < -0.4 is 5.32 Å². The third kappa shape index (κ3) is 4.89. The minimum atomic E-state index is 0.139. The molecule has 0 bridgehead atoms. The first-order valence-electron chi connectivity index (χ1n) is 7.94. The molecule has 2 atom stereocenters. The van der Waals surface area contributed by atoms with Gasteiger partial charge in [0.15, 0.2) is 0 Å². The Morgan fingerprint density at radius 2 is 1.61 bits per heavy atom. The van der Waals surface area contributed by atoms with Gasteiger partial charge in [-0.1, -0.05) is 24.3 Å². The number of nitrogens with zero attached hydrogens (tertiary/aromatic N) is 2. The van der Waals surface area contributed by atoms with Crippen LogP contribution in [0, 0.1) is 0 Å². The maximum absolute atomic E-state index is 11.8. The lowest BCUT2D eigenvalue weighted by Gasteiger charge is -2.21. The predicted molar refractivity (Wildman–Crippen MR) is 94.0 cm³/mol. The highest BCUT2D eigenvalue weighted by molar-refractivity contribution is 5.76. The standard InChI is InChI=1S/C19H25N3O/c1-14(13-19(23)22(3)4)21-15(2)16-5-7-17(8-6-16)18-9-11-20-12-10-18/h5-12,14-15,21H,13H2,1-4H3/t14-,15-/m0/s1. The predicted octanol–water partition coefficient (Wildman–Crippen LogP) is 3.27. The second-order valence-corrected chi connectivity index (χ2v) is 6.14. The second kappa shape index (κ2) is 7.88. The molecule has 0 saturated carbocycles. The van der Waals surface area contributed by atoms with Crippen LogP contribution >= 0.6 is 0 Å². The van der Waals surface area contributed by atoms with Gasteiger partial charge in [-0.3, -0.25) is 9.78 Å². The topological polar surface area (TPSA) is 45.2 Å². The third-order valence-corrected chi connectivity index (χ3v) is 3.94. The number of aromatic nitrogens is 1. The van der Waals surface area contributed by atoms with Crippen LogP contribution in [0.25, 0.3) is 11.1 Å². The number of pyridine rings is 1. The van der Waals surface area contributed by atoms with Crippen molar-refractivity contribution in [1.82, 2.24) is 15.2 Å². The monoisotopic (exact) mass is 311 g/mol. The molecular formula is C19H25N3O. The molecule has 122 valence electrons. The van der Waals surface area contributed by atoms with Gasteiger partial charge in [-0.2, -0.15) is 0 Å². The molecule has 2 rings (SSSR count). The quantitative estimate of drug-likeness (QED) is 0.890. The van der Waals surface area contributed by atoms with Crippen molar-refractivity contribution in [3.63, 3.8) is 0 Å². The highest BCUT2D eigenvalue weighted by Gasteiger charge is 2.14. The van der Waals surface area contributed by atoms with E-state index in [1.165, 1.54) is 11.1 Å². The SMILES string of the molecule is C[C@H](N[C@@H](C)CC(=O)N(C)C)c1ccc(-c2ccncc2)cc1. The molecule has 1 aromatic heterocycles. The molecule has 0 fully saturated rings. The van der Waals surface area contributed by atoms with E-state index in [-0.39, 0.29) is 18.0 Å². The van der Waals surface area contributed by atoms with E-state index in [2.05, 4.69) is 41.5 Å². The maximum Gasteiger partial charge on any atom is 0.223 e. The fourth-order valence-corrected chi connectivity index (χ4v) is 2.54. The number of carbonyl (C=O) groups is 1. The van der Waals surface area contributed by atoms with E-state index in [9.17, 15) is 4.79 Å². The van der Waals surface area contributed by atoms with E-state index in [1.807, 2.05) is 19.1 Å². The normalized spacial score (nSPS) is 13.4. The summed E-state index contributed by atoms with van der Waals surface area (Å²) in [4.78, 5) is 17.4. The molecule has 0 radical (unpaired) electrons. The second-order valence-electron chi connectivity index (χ2n) is 6.14. The van der Waals surface area contributed by atoms with Crippen molar-refractivity contribution in [1.29, 1.82) is 0 Å². The molecule has 2 aromatic rings. The van der Waals surface area contributed by atoms with Crippen LogP contribution in [-0.4, -0.2) is 35.9 Å². The smallest absolute Gasteiger partial charge is 0.223 e. The van der Waals surface area contributed by atoms with Crippen molar-refractivity contribution < 1.29 is 4.79 Å². The van der Waals surface area contributed by atoms with Crippen molar-refractivity contribution >= 4 is 5.91 Å². The summed E-state index contributed by atoms with van der Waals surface area (Å²) < 4.78 is 0. The number of hydrogen-bond acceptors (Lipinski definition) is 3. The van der Waals surface area contributed by atoms with E-state index in [0.717, 1.165) is 5.56 Å². The van der Waals surface area contributed by atoms with Crippen LogP contribution in [0.1, 0.15) is 31.9 Å². The molecule has 0 aliphatic rings. The minimum absolute atomic E-state index is 0.139. The third-order valence-electron chi connectivity index (χ3n) is 3.94. The van der Waals surface area contributed by atoms with Gasteiger partial charge in [-0.05, 0) is 42.7 Å². The average Bonchev–Trinajstić information content (AvgIpc) is 2.55. The van der Waals surface area contributed by atoms with Gasteiger partial charge in [0.1, 0.15) is 0 Å². The van der Waals surface area contributed by atoms with Gasteiger partial charge < -0.3 is 10.2 Å². The van der Waals surface area contributed by atoms with E-state index >= 15 is 0 Å². The van der Waals surface area contributed by atoms with E-state index in [0.29, 0.717) is 6.42 Å². The van der Waals surface area contributed by atoms with Crippen molar-refractivity contribution in [3.05, 3.63) is 54.4 Å². The van der Waals surface area contributed by atoms with Crippen LogP contribution in [0.5, 0.6) is 0 Å². The molecule has 23 heavy (non-hydrogen) atoms. The fourth-order valence-electron chi connectivity index (χ4n) is 2.54. The summed E-state index contributed by atoms with van der Waals surface area (Å²) in [5, 5.41) is 3.48. The molecule has 4 heteroatoms. The van der Waals surface area contributed by atoms with Crippen LogP contribution in [-0.2, 0) is 4.79 Å². The largest absolute Gasteiger partial charge is 0.349 e. The zero-order chi connectivity index (χ0) is 16.8. The summed E-state index contributed by atoms with van der Waals surface area (Å²) >= 11 is 0. The molecule has 0 aliphatic heterocycles. The summed E-state index contributed by atoms with van der Waals surface area (Å²) in [6.07, 6.45) is 4.11. The van der Waals surface area contributed by atoms with Gasteiger partial charge in [0, 0.05) is 45.0 Å². The highest BCUT2D eigenvalue weighted by Crippen LogP contribution is 2.21. The van der Waals surface area contributed by atoms with E-state index < -0.39 is 0 Å². The Kier molecular flexibility index (Phi) is 5.88. The zero-order valence-corrected chi connectivity index (χ0v) is 14.3. The van der Waals surface area contributed by atoms with Gasteiger partial charge in [0.25, 0.3) is 0 Å². The molecule has 1 N–H and O–H groups in total. The Labute approximate surface area is 138 Å².